The highest BCUT2D eigenvalue weighted by molar-refractivity contribution is 6.32. The number of benzene rings is 1. The van der Waals surface area contributed by atoms with E-state index in [4.69, 9.17) is 23.2 Å². The quantitative estimate of drug-likeness (QED) is 0.518. The molecule has 0 aliphatic rings. The minimum Gasteiger partial charge on any atom is -0.204 e. The molecular weight excluding hydrogens is 241 g/mol. The van der Waals surface area contributed by atoms with Crippen LogP contribution in [0.2, 0.25) is 5.02 Å². The molecule has 0 spiro atoms. The summed E-state index contributed by atoms with van der Waals surface area (Å²) in [6, 6.07) is 2.04. The molecule has 0 radical (unpaired) electrons. The molecule has 0 bridgehead atoms. The molecule has 0 N–H and O–H groups in total. The Morgan fingerprint density at radius 2 is 1.87 bits per heavy atom. The maximum absolute atomic E-state index is 12.9. The molecule has 1 rings (SSSR count). The van der Waals surface area contributed by atoms with Gasteiger partial charge in [0.15, 0.2) is 11.6 Å². The van der Waals surface area contributed by atoms with Gasteiger partial charge in [0.05, 0.1) is 5.38 Å². The average molecular weight is 253 g/mol. The Labute approximate surface area is 98.2 Å². The molecule has 1 aromatic rings. The second-order valence-electron chi connectivity index (χ2n) is 3.40. The van der Waals surface area contributed by atoms with Crippen molar-refractivity contribution in [1.82, 2.24) is 0 Å². The second kappa shape index (κ2) is 5.66. The van der Waals surface area contributed by atoms with Crippen LogP contribution >= 0.6 is 23.2 Å². The molecule has 0 saturated heterocycles. The topological polar surface area (TPSA) is 0 Å². The molecule has 0 nitrogen and oxygen atoms in total. The number of rotatable bonds is 4. The Hall–Kier alpha value is -0.340. The summed E-state index contributed by atoms with van der Waals surface area (Å²) in [5.41, 5.74) is 0.464. The fourth-order valence-corrected chi connectivity index (χ4v) is 1.99. The van der Waals surface area contributed by atoms with E-state index < -0.39 is 11.6 Å². The van der Waals surface area contributed by atoms with Crippen LogP contribution in [-0.2, 0) is 0 Å². The first-order valence-electron chi connectivity index (χ1n) is 4.84. The van der Waals surface area contributed by atoms with Gasteiger partial charge in [-0.3, -0.25) is 0 Å². The number of halogens is 4. The lowest BCUT2D eigenvalue weighted by Crippen LogP contribution is -1.95. The molecule has 1 unspecified atom stereocenters. The van der Waals surface area contributed by atoms with Gasteiger partial charge in [0, 0.05) is 5.02 Å². The van der Waals surface area contributed by atoms with E-state index in [0.29, 0.717) is 12.0 Å². The van der Waals surface area contributed by atoms with Crippen molar-refractivity contribution in [2.45, 2.75) is 31.6 Å². The first-order valence-corrected chi connectivity index (χ1v) is 5.66. The Morgan fingerprint density at radius 3 is 2.47 bits per heavy atom. The average Bonchev–Trinajstić information content (AvgIpc) is 2.20. The smallest absolute Gasteiger partial charge is 0.160 e. The number of hydrogen-bond acceptors (Lipinski definition) is 0. The van der Waals surface area contributed by atoms with Crippen molar-refractivity contribution < 1.29 is 8.78 Å². The van der Waals surface area contributed by atoms with Crippen LogP contribution in [0.3, 0.4) is 0 Å². The molecule has 0 aliphatic carbocycles. The minimum atomic E-state index is -0.942. The van der Waals surface area contributed by atoms with E-state index >= 15 is 0 Å². The maximum Gasteiger partial charge on any atom is 0.160 e. The predicted octanol–water partition coefficient (Wildman–Crippen LogP) is 5.09. The Kier molecular flexibility index (Phi) is 4.81. The molecule has 0 fully saturated rings. The molecular formula is C11H12Cl2F2. The summed E-state index contributed by atoms with van der Waals surface area (Å²) in [6.07, 6.45) is 2.65. The lowest BCUT2D eigenvalue weighted by molar-refractivity contribution is 0.506. The van der Waals surface area contributed by atoms with Crippen molar-refractivity contribution in [3.05, 3.63) is 34.4 Å². The highest BCUT2D eigenvalue weighted by atomic mass is 35.5. The van der Waals surface area contributed by atoms with E-state index in [1.807, 2.05) is 6.92 Å². The van der Waals surface area contributed by atoms with Gasteiger partial charge in [-0.2, -0.15) is 0 Å². The van der Waals surface area contributed by atoms with Gasteiger partial charge in [-0.25, -0.2) is 8.78 Å². The van der Waals surface area contributed by atoms with Crippen molar-refractivity contribution in [3.8, 4) is 0 Å². The van der Waals surface area contributed by atoms with Gasteiger partial charge in [0.1, 0.15) is 0 Å². The lowest BCUT2D eigenvalue weighted by atomic mass is 10.1. The first kappa shape index (κ1) is 12.7. The van der Waals surface area contributed by atoms with Gasteiger partial charge >= 0.3 is 0 Å². The number of alkyl halides is 1. The van der Waals surface area contributed by atoms with Crippen LogP contribution in [0.1, 0.15) is 37.1 Å². The summed E-state index contributed by atoms with van der Waals surface area (Å²) in [7, 11) is 0. The highest BCUT2D eigenvalue weighted by Gasteiger charge is 2.15. The van der Waals surface area contributed by atoms with Gasteiger partial charge in [-0.05, 0) is 24.1 Å². The lowest BCUT2D eigenvalue weighted by Gasteiger charge is -2.11. The Balaban J connectivity index is 2.88. The summed E-state index contributed by atoms with van der Waals surface area (Å²) >= 11 is 11.8. The molecule has 0 aromatic heterocycles. The minimum absolute atomic E-state index is 0.185. The maximum atomic E-state index is 12.9. The van der Waals surface area contributed by atoms with Gasteiger partial charge in [-0.1, -0.05) is 31.4 Å². The number of hydrogen-bond donors (Lipinski definition) is 0. The zero-order chi connectivity index (χ0) is 11.4. The van der Waals surface area contributed by atoms with E-state index in [0.717, 1.165) is 25.0 Å². The zero-order valence-electron chi connectivity index (χ0n) is 8.37. The highest BCUT2D eigenvalue weighted by Crippen LogP contribution is 2.33. The largest absolute Gasteiger partial charge is 0.204 e. The molecule has 84 valence electrons. The van der Waals surface area contributed by atoms with E-state index in [2.05, 4.69) is 0 Å². The van der Waals surface area contributed by atoms with Crippen LogP contribution in [0.15, 0.2) is 12.1 Å². The van der Waals surface area contributed by atoms with Crippen molar-refractivity contribution in [1.29, 1.82) is 0 Å². The van der Waals surface area contributed by atoms with E-state index in [1.165, 1.54) is 0 Å². The Morgan fingerprint density at radius 1 is 1.27 bits per heavy atom. The molecule has 0 amide bonds. The third kappa shape index (κ3) is 3.32. The molecule has 0 heterocycles. The van der Waals surface area contributed by atoms with Crippen LogP contribution in [-0.4, -0.2) is 0 Å². The summed E-state index contributed by atoms with van der Waals surface area (Å²) in [5.74, 6) is -1.85. The molecule has 1 atom stereocenters. The van der Waals surface area contributed by atoms with Crippen LogP contribution in [0.4, 0.5) is 8.78 Å². The van der Waals surface area contributed by atoms with Crippen molar-refractivity contribution >= 4 is 23.2 Å². The second-order valence-corrected chi connectivity index (χ2v) is 4.33. The summed E-state index contributed by atoms with van der Waals surface area (Å²) in [5, 5.41) is -0.169. The fraction of sp³-hybridized carbons (Fsp3) is 0.455. The third-order valence-electron chi connectivity index (χ3n) is 2.19. The summed E-state index contributed by atoms with van der Waals surface area (Å²) in [4.78, 5) is 0. The molecule has 1 aromatic carbocycles. The molecule has 4 heteroatoms. The van der Waals surface area contributed by atoms with Crippen LogP contribution in [0.5, 0.6) is 0 Å². The first-order chi connectivity index (χ1) is 7.06. The van der Waals surface area contributed by atoms with Gasteiger partial charge in [-0.15, -0.1) is 11.6 Å². The van der Waals surface area contributed by atoms with Gasteiger partial charge in [0.2, 0.25) is 0 Å². The monoisotopic (exact) mass is 252 g/mol. The Bertz CT molecular complexity index is 340. The summed E-state index contributed by atoms with van der Waals surface area (Å²) in [6.45, 7) is 2.04. The van der Waals surface area contributed by atoms with Crippen molar-refractivity contribution in [3.63, 3.8) is 0 Å². The van der Waals surface area contributed by atoms with E-state index in [1.54, 1.807) is 0 Å². The van der Waals surface area contributed by atoms with Crippen LogP contribution in [0.25, 0.3) is 0 Å². The molecule has 15 heavy (non-hydrogen) atoms. The van der Waals surface area contributed by atoms with Crippen molar-refractivity contribution in [2.75, 3.05) is 0 Å². The number of unbranched alkanes of at least 4 members (excludes halogenated alkanes) is 1. The molecule has 0 aliphatic heterocycles. The van der Waals surface area contributed by atoms with Crippen LogP contribution < -0.4 is 0 Å². The van der Waals surface area contributed by atoms with E-state index in [-0.39, 0.29) is 10.4 Å². The zero-order valence-corrected chi connectivity index (χ0v) is 9.88. The normalized spacial score (nSPS) is 12.9. The van der Waals surface area contributed by atoms with E-state index in [9.17, 15) is 8.78 Å². The fourth-order valence-electron chi connectivity index (χ4n) is 1.32. The standard InChI is InChI=1S/C11H12Cl2F2/c1-2-3-4-8(12)7-5-10(14)11(15)6-9(7)13/h5-6,8H,2-4H2,1H3. The molecule has 0 saturated carbocycles. The third-order valence-corrected chi connectivity index (χ3v) is 2.97. The SMILES string of the molecule is CCCCC(Cl)c1cc(F)c(F)cc1Cl. The predicted molar refractivity (Wildman–Crippen MR) is 59.5 cm³/mol. The van der Waals surface area contributed by atoms with Crippen molar-refractivity contribution in [2.24, 2.45) is 0 Å². The summed E-state index contributed by atoms with van der Waals surface area (Å²) < 4.78 is 25.7. The van der Waals surface area contributed by atoms with Gasteiger partial charge in [0.25, 0.3) is 0 Å². The van der Waals surface area contributed by atoms with Crippen LogP contribution in [0, 0.1) is 11.6 Å². The van der Waals surface area contributed by atoms with Gasteiger partial charge < -0.3 is 0 Å².